The average molecular weight is 475 g/mol. The molecule has 2 aliphatic rings. The molecule has 34 heavy (non-hydrogen) atoms. The van der Waals surface area contributed by atoms with E-state index in [1.54, 1.807) is 6.20 Å². The number of esters is 1. The SMILES string of the molecule is COC(=O)c1cnc(C2CCCCC2)nc1N1CC(c2ccccc2)C(c2ccc(Cl)cc2)=N1. The van der Waals surface area contributed by atoms with Crippen LogP contribution >= 0.6 is 11.6 Å². The van der Waals surface area contributed by atoms with Gasteiger partial charge in [0.15, 0.2) is 5.82 Å². The summed E-state index contributed by atoms with van der Waals surface area (Å²) in [5.74, 6) is 1.16. The average Bonchev–Trinajstić information content (AvgIpc) is 3.35. The van der Waals surface area contributed by atoms with Crippen molar-refractivity contribution in [3.63, 3.8) is 0 Å². The van der Waals surface area contributed by atoms with E-state index in [4.69, 9.17) is 26.4 Å². The Kier molecular flexibility index (Phi) is 6.59. The highest BCUT2D eigenvalue weighted by Crippen LogP contribution is 2.35. The van der Waals surface area contributed by atoms with Gasteiger partial charge in [0, 0.05) is 23.1 Å². The quantitative estimate of drug-likeness (QED) is 0.426. The van der Waals surface area contributed by atoms with Crippen molar-refractivity contribution in [2.24, 2.45) is 5.10 Å². The summed E-state index contributed by atoms with van der Waals surface area (Å²) in [6.07, 6.45) is 7.36. The highest BCUT2D eigenvalue weighted by molar-refractivity contribution is 6.30. The molecule has 0 saturated heterocycles. The Hall–Kier alpha value is -3.25. The fraction of sp³-hybridized carbons (Fsp3) is 0.333. The summed E-state index contributed by atoms with van der Waals surface area (Å²) < 4.78 is 5.05. The summed E-state index contributed by atoms with van der Waals surface area (Å²) in [7, 11) is 1.38. The van der Waals surface area contributed by atoms with Crippen molar-refractivity contribution in [2.75, 3.05) is 18.7 Å². The van der Waals surface area contributed by atoms with Gasteiger partial charge in [0.05, 0.1) is 19.4 Å². The Labute approximate surface area is 204 Å². The minimum Gasteiger partial charge on any atom is -0.465 e. The van der Waals surface area contributed by atoms with Gasteiger partial charge in [-0.2, -0.15) is 5.10 Å². The highest BCUT2D eigenvalue weighted by atomic mass is 35.5. The molecule has 6 nitrogen and oxygen atoms in total. The van der Waals surface area contributed by atoms with E-state index in [9.17, 15) is 4.79 Å². The lowest BCUT2D eigenvalue weighted by atomic mass is 9.88. The zero-order chi connectivity index (χ0) is 23.5. The van der Waals surface area contributed by atoms with Crippen LogP contribution < -0.4 is 5.01 Å². The summed E-state index contributed by atoms with van der Waals surface area (Å²) in [5, 5.41) is 7.50. The Morgan fingerprint density at radius 2 is 1.76 bits per heavy atom. The van der Waals surface area contributed by atoms with E-state index in [0.29, 0.717) is 28.9 Å². The van der Waals surface area contributed by atoms with Crippen molar-refractivity contribution in [2.45, 2.75) is 43.9 Å². The number of aromatic nitrogens is 2. The molecule has 174 valence electrons. The second kappa shape index (κ2) is 9.94. The molecule has 2 aromatic carbocycles. The summed E-state index contributed by atoms with van der Waals surface area (Å²) in [5.41, 5.74) is 3.38. The smallest absolute Gasteiger partial charge is 0.343 e. The van der Waals surface area contributed by atoms with Crippen molar-refractivity contribution in [1.82, 2.24) is 9.97 Å². The standard InChI is InChI=1S/C27H27ClN4O2/c1-34-27(33)22-16-29-25(20-10-6-3-7-11-20)30-26(22)32-17-23(18-8-4-2-5-9-18)24(31-32)19-12-14-21(28)15-13-19/h2,4-5,8-9,12-16,20,23H,3,6-7,10-11,17H2,1H3. The van der Waals surface area contributed by atoms with Crippen molar-refractivity contribution >= 4 is 29.1 Å². The van der Waals surface area contributed by atoms with Crippen LogP contribution in [0.3, 0.4) is 0 Å². The van der Waals surface area contributed by atoms with Crippen LogP contribution in [0.25, 0.3) is 0 Å². The zero-order valence-electron chi connectivity index (χ0n) is 19.2. The molecule has 0 amide bonds. The van der Waals surface area contributed by atoms with Gasteiger partial charge in [-0.25, -0.2) is 19.8 Å². The molecule has 2 heterocycles. The first-order valence-electron chi connectivity index (χ1n) is 11.8. The highest BCUT2D eigenvalue weighted by Gasteiger charge is 2.33. The van der Waals surface area contributed by atoms with Gasteiger partial charge in [-0.15, -0.1) is 0 Å². The zero-order valence-corrected chi connectivity index (χ0v) is 19.9. The minimum absolute atomic E-state index is 0.0148. The number of nitrogens with zero attached hydrogens (tertiary/aromatic N) is 4. The van der Waals surface area contributed by atoms with E-state index in [0.717, 1.165) is 35.5 Å². The van der Waals surface area contributed by atoms with Crippen LogP contribution in [0.2, 0.25) is 5.02 Å². The Bertz CT molecular complexity index is 1190. The van der Waals surface area contributed by atoms with Gasteiger partial charge in [-0.1, -0.05) is 73.3 Å². The van der Waals surface area contributed by atoms with Gasteiger partial charge in [0.2, 0.25) is 0 Å². The van der Waals surface area contributed by atoms with Crippen LogP contribution in [0.5, 0.6) is 0 Å². The molecule has 0 N–H and O–H groups in total. The number of benzene rings is 2. The van der Waals surface area contributed by atoms with E-state index in [1.165, 1.54) is 26.4 Å². The summed E-state index contributed by atoms with van der Waals surface area (Å²) in [4.78, 5) is 22.1. The first-order valence-corrected chi connectivity index (χ1v) is 12.1. The minimum atomic E-state index is -0.461. The number of hydrogen-bond acceptors (Lipinski definition) is 6. The van der Waals surface area contributed by atoms with Crippen molar-refractivity contribution in [3.05, 3.63) is 88.3 Å². The lowest BCUT2D eigenvalue weighted by molar-refractivity contribution is 0.0600. The van der Waals surface area contributed by atoms with Gasteiger partial charge in [-0.3, -0.25) is 0 Å². The third kappa shape index (κ3) is 4.55. The van der Waals surface area contributed by atoms with E-state index in [-0.39, 0.29) is 5.92 Å². The third-order valence-electron chi connectivity index (χ3n) is 6.66. The maximum Gasteiger partial charge on any atom is 0.343 e. The number of halogens is 1. The molecule has 0 spiro atoms. The monoisotopic (exact) mass is 474 g/mol. The first kappa shape index (κ1) is 22.5. The number of carbonyl (C=O) groups excluding carboxylic acids is 1. The predicted octanol–water partition coefficient (Wildman–Crippen LogP) is 5.97. The molecule has 1 atom stereocenters. The van der Waals surface area contributed by atoms with E-state index in [1.807, 2.05) is 47.5 Å². The van der Waals surface area contributed by atoms with Gasteiger partial charge < -0.3 is 4.74 Å². The number of anilines is 1. The number of hydrogen-bond donors (Lipinski definition) is 0. The molecule has 0 bridgehead atoms. The van der Waals surface area contributed by atoms with E-state index < -0.39 is 5.97 Å². The molecule has 1 aliphatic carbocycles. The second-order valence-corrected chi connectivity index (χ2v) is 9.27. The predicted molar refractivity (Wildman–Crippen MR) is 134 cm³/mol. The van der Waals surface area contributed by atoms with Gasteiger partial charge in [0.25, 0.3) is 0 Å². The molecule has 0 radical (unpaired) electrons. The molecule has 3 aromatic rings. The fourth-order valence-electron chi connectivity index (χ4n) is 4.86. The molecule has 5 rings (SSSR count). The molecule has 1 aromatic heterocycles. The van der Waals surface area contributed by atoms with Crippen molar-refractivity contribution in [1.29, 1.82) is 0 Å². The first-order chi connectivity index (χ1) is 16.6. The van der Waals surface area contributed by atoms with Crippen molar-refractivity contribution < 1.29 is 9.53 Å². The van der Waals surface area contributed by atoms with Gasteiger partial charge in [-0.05, 0) is 36.1 Å². The van der Waals surface area contributed by atoms with Crippen LogP contribution in [-0.4, -0.2) is 35.3 Å². The topological polar surface area (TPSA) is 67.7 Å². The summed E-state index contributed by atoms with van der Waals surface area (Å²) in [6.45, 7) is 0.563. The van der Waals surface area contributed by atoms with Crippen LogP contribution in [0, 0.1) is 0 Å². The lowest BCUT2D eigenvalue weighted by Crippen LogP contribution is -2.23. The molecular weight excluding hydrogens is 448 g/mol. The van der Waals surface area contributed by atoms with Gasteiger partial charge in [0.1, 0.15) is 11.4 Å². The molecule has 7 heteroatoms. The Morgan fingerprint density at radius 3 is 2.47 bits per heavy atom. The normalized spacial score (nSPS) is 18.6. The van der Waals surface area contributed by atoms with E-state index >= 15 is 0 Å². The van der Waals surface area contributed by atoms with Crippen LogP contribution in [-0.2, 0) is 4.74 Å². The number of carbonyl (C=O) groups is 1. The van der Waals surface area contributed by atoms with Crippen LogP contribution in [0.15, 0.2) is 65.9 Å². The number of rotatable bonds is 5. The largest absolute Gasteiger partial charge is 0.465 e. The molecule has 1 unspecified atom stereocenters. The number of ether oxygens (including phenoxy) is 1. The maximum absolute atomic E-state index is 12.6. The molecule has 1 aliphatic heterocycles. The number of methoxy groups -OCH3 is 1. The molecular formula is C27H27ClN4O2. The third-order valence-corrected chi connectivity index (χ3v) is 6.92. The Morgan fingerprint density at radius 1 is 1.03 bits per heavy atom. The second-order valence-electron chi connectivity index (χ2n) is 8.83. The van der Waals surface area contributed by atoms with E-state index in [2.05, 4.69) is 17.1 Å². The fourth-order valence-corrected chi connectivity index (χ4v) is 4.98. The lowest BCUT2D eigenvalue weighted by Gasteiger charge is -2.23. The molecule has 1 fully saturated rings. The van der Waals surface area contributed by atoms with Crippen LogP contribution in [0.1, 0.15) is 71.2 Å². The molecule has 1 saturated carbocycles. The summed E-state index contributed by atoms with van der Waals surface area (Å²) in [6, 6.07) is 18.0. The van der Waals surface area contributed by atoms with Gasteiger partial charge >= 0.3 is 5.97 Å². The Balaban J connectivity index is 1.58. The maximum atomic E-state index is 12.6. The number of hydrazone groups is 1. The van der Waals surface area contributed by atoms with Crippen LogP contribution in [0.4, 0.5) is 5.82 Å². The van der Waals surface area contributed by atoms with Crippen molar-refractivity contribution in [3.8, 4) is 0 Å². The summed E-state index contributed by atoms with van der Waals surface area (Å²) >= 11 is 6.14.